The maximum atomic E-state index is 13.9. The Kier molecular flexibility index (Phi) is 7.03. The van der Waals surface area contributed by atoms with Crippen LogP contribution in [0.25, 0.3) is 11.5 Å². The Bertz CT molecular complexity index is 1290. The molecule has 0 spiro atoms. The maximum Gasteiger partial charge on any atom is 0.416 e. The molecule has 6 nitrogen and oxygen atoms in total. The first kappa shape index (κ1) is 26.5. The number of rotatable bonds is 6. The minimum absolute atomic E-state index is 0.0739. The number of hydrogen-bond donors (Lipinski definition) is 0. The molecule has 4 fully saturated rings. The van der Waals surface area contributed by atoms with Gasteiger partial charge in [0.1, 0.15) is 18.5 Å². The van der Waals surface area contributed by atoms with Crippen LogP contribution in [-0.2, 0) is 27.7 Å². The Balaban J connectivity index is 1.18. The van der Waals surface area contributed by atoms with E-state index < -0.39 is 17.2 Å². The molecule has 10 heteroatoms. The summed E-state index contributed by atoms with van der Waals surface area (Å²) in [6.07, 6.45) is 3.37. The van der Waals surface area contributed by atoms with Gasteiger partial charge >= 0.3 is 12.1 Å². The second kappa shape index (κ2) is 10.4. The minimum atomic E-state index is -4.44. The van der Waals surface area contributed by atoms with Gasteiger partial charge in [-0.15, -0.1) is 11.3 Å². The van der Waals surface area contributed by atoms with Crippen molar-refractivity contribution in [3.8, 4) is 11.5 Å². The minimum Gasteiger partial charge on any atom is -0.455 e. The van der Waals surface area contributed by atoms with Crippen LogP contribution in [0.1, 0.15) is 67.6 Å². The third kappa shape index (κ3) is 5.25. The summed E-state index contributed by atoms with van der Waals surface area (Å²) in [5.74, 6) is 0.822. The summed E-state index contributed by atoms with van der Waals surface area (Å²) in [6, 6.07) is 9.04. The summed E-state index contributed by atoms with van der Waals surface area (Å²) in [6.45, 7) is 3.06. The van der Waals surface area contributed by atoms with E-state index in [-0.39, 0.29) is 23.5 Å². The third-order valence-electron chi connectivity index (χ3n) is 9.02. The number of benzene rings is 1. The maximum absolute atomic E-state index is 13.9. The number of ether oxygens (including phenoxy) is 1. The normalized spacial score (nSPS) is 26.7. The number of carbonyl (C=O) groups excluding carboxylic acids is 1. The molecule has 5 heterocycles. The van der Waals surface area contributed by atoms with Gasteiger partial charge < -0.3 is 13.7 Å². The smallest absolute Gasteiger partial charge is 0.416 e. The van der Waals surface area contributed by atoms with E-state index in [0.29, 0.717) is 29.3 Å². The molecule has 7 rings (SSSR count). The lowest BCUT2D eigenvalue weighted by molar-refractivity contribution is -0.958. The summed E-state index contributed by atoms with van der Waals surface area (Å²) in [5.41, 5.74) is -1.05. The van der Waals surface area contributed by atoms with Gasteiger partial charge in [-0.1, -0.05) is 43.0 Å². The van der Waals surface area contributed by atoms with Crippen LogP contribution in [0.3, 0.4) is 0 Å². The monoisotopic (exact) mass is 560 g/mol. The average Bonchev–Trinajstić information content (AvgIpc) is 3.57. The van der Waals surface area contributed by atoms with E-state index >= 15 is 0 Å². The molecule has 2 bridgehead atoms. The zero-order valence-corrected chi connectivity index (χ0v) is 22.6. The molecule has 1 atom stereocenters. The lowest BCUT2D eigenvalue weighted by Gasteiger charge is -2.51. The predicted octanol–water partition coefficient (Wildman–Crippen LogP) is 6.76. The molecule has 1 saturated carbocycles. The van der Waals surface area contributed by atoms with Crippen LogP contribution in [0.15, 0.2) is 46.3 Å². The van der Waals surface area contributed by atoms with E-state index in [4.69, 9.17) is 9.26 Å². The quantitative estimate of drug-likeness (QED) is 0.189. The van der Waals surface area contributed by atoms with Gasteiger partial charge in [-0.05, 0) is 42.5 Å². The van der Waals surface area contributed by atoms with Crippen LogP contribution < -0.4 is 0 Å². The van der Waals surface area contributed by atoms with Gasteiger partial charge in [-0.2, -0.15) is 18.2 Å². The average molecular weight is 561 g/mol. The van der Waals surface area contributed by atoms with Crippen molar-refractivity contribution in [1.29, 1.82) is 0 Å². The number of nitrogens with zero attached hydrogens (tertiary/aromatic N) is 3. The molecular weight excluding hydrogens is 527 g/mol. The first-order chi connectivity index (χ1) is 18.8. The highest BCUT2D eigenvalue weighted by Crippen LogP contribution is 2.44. The van der Waals surface area contributed by atoms with Crippen molar-refractivity contribution in [3.05, 3.63) is 58.0 Å². The standard InChI is InChI=1S/C29H33F3N3O3S/c30-29(31,32)22-8-5-7-21(17-22)26-33-25(34-38-26)19-35-14-10-20(11-15-35)23(18-35)37-27(36)28(24-9-6-16-39-24)12-3-1-2-4-13-28/h5-9,16-17,20,23H,1-4,10-15,18-19H2/q+1/t20?,23-,35?/m0/s1. The lowest BCUT2D eigenvalue weighted by atomic mass is 9.78. The van der Waals surface area contributed by atoms with Gasteiger partial charge in [-0.25, -0.2) is 0 Å². The molecule has 2 aromatic heterocycles. The summed E-state index contributed by atoms with van der Waals surface area (Å²) < 4.78 is 52.0. The molecule has 3 aromatic rings. The second-order valence-corrected chi connectivity index (χ2v) is 12.4. The Hall–Kier alpha value is -2.72. The molecule has 3 aliphatic heterocycles. The van der Waals surface area contributed by atoms with E-state index in [2.05, 4.69) is 16.2 Å². The van der Waals surface area contributed by atoms with Crippen LogP contribution in [0.4, 0.5) is 13.2 Å². The molecule has 1 aromatic carbocycles. The number of quaternary nitrogens is 1. The van der Waals surface area contributed by atoms with Crippen molar-refractivity contribution < 1.29 is 31.7 Å². The Morgan fingerprint density at radius 3 is 2.56 bits per heavy atom. The molecule has 0 unspecified atom stereocenters. The van der Waals surface area contributed by atoms with Crippen molar-refractivity contribution in [2.75, 3.05) is 19.6 Å². The molecule has 0 radical (unpaired) electrons. The molecule has 3 saturated heterocycles. The zero-order valence-electron chi connectivity index (χ0n) is 21.8. The van der Waals surface area contributed by atoms with Gasteiger partial charge in [0.15, 0.2) is 6.10 Å². The summed E-state index contributed by atoms with van der Waals surface area (Å²) in [4.78, 5) is 19.5. The van der Waals surface area contributed by atoms with E-state index in [1.165, 1.54) is 12.1 Å². The number of carbonyl (C=O) groups is 1. The molecule has 4 aliphatic rings. The number of esters is 1. The highest BCUT2D eigenvalue weighted by Gasteiger charge is 2.51. The number of hydrogen-bond acceptors (Lipinski definition) is 6. The predicted molar refractivity (Wildman–Crippen MR) is 140 cm³/mol. The van der Waals surface area contributed by atoms with Crippen molar-refractivity contribution in [3.63, 3.8) is 0 Å². The second-order valence-electron chi connectivity index (χ2n) is 11.5. The molecular formula is C29H33F3N3O3S+. The molecule has 0 N–H and O–H groups in total. The number of aromatic nitrogens is 2. The fourth-order valence-electron chi connectivity index (χ4n) is 6.83. The largest absolute Gasteiger partial charge is 0.455 e. The fraction of sp³-hybridized carbons (Fsp3) is 0.552. The van der Waals surface area contributed by atoms with Gasteiger partial charge in [-0.3, -0.25) is 4.79 Å². The van der Waals surface area contributed by atoms with Gasteiger partial charge in [0, 0.05) is 29.2 Å². The summed E-state index contributed by atoms with van der Waals surface area (Å²) >= 11 is 1.65. The van der Waals surface area contributed by atoms with Gasteiger partial charge in [0.2, 0.25) is 5.82 Å². The highest BCUT2D eigenvalue weighted by atomic mass is 32.1. The topological polar surface area (TPSA) is 65.2 Å². The van der Waals surface area contributed by atoms with E-state index in [0.717, 1.165) is 81.5 Å². The van der Waals surface area contributed by atoms with Crippen LogP contribution in [0.2, 0.25) is 0 Å². The highest BCUT2D eigenvalue weighted by molar-refractivity contribution is 7.10. The first-order valence-electron chi connectivity index (χ1n) is 13.9. The van der Waals surface area contributed by atoms with Crippen LogP contribution >= 0.6 is 11.3 Å². The van der Waals surface area contributed by atoms with Crippen molar-refractivity contribution >= 4 is 17.3 Å². The SMILES string of the molecule is O=C(O[C@H]1C[N+]2(Cc3noc(-c4cccc(C(F)(F)F)c4)n3)CCC1CC2)C1(c2cccs2)CCCCCC1. The van der Waals surface area contributed by atoms with Crippen LogP contribution in [0.5, 0.6) is 0 Å². The molecule has 0 amide bonds. The summed E-state index contributed by atoms with van der Waals surface area (Å²) in [5, 5.41) is 6.16. The Morgan fingerprint density at radius 1 is 1.10 bits per heavy atom. The van der Waals surface area contributed by atoms with E-state index in [1.54, 1.807) is 11.3 Å². The number of piperidine rings is 3. The molecule has 1 aliphatic carbocycles. The first-order valence-corrected chi connectivity index (χ1v) is 14.7. The summed E-state index contributed by atoms with van der Waals surface area (Å²) in [7, 11) is 0. The van der Waals surface area contributed by atoms with Crippen LogP contribution in [0, 0.1) is 5.92 Å². The van der Waals surface area contributed by atoms with Gasteiger partial charge in [0.05, 0.1) is 18.7 Å². The number of fused-ring (bicyclic) bond motifs is 3. The van der Waals surface area contributed by atoms with Crippen molar-refractivity contribution in [2.24, 2.45) is 5.92 Å². The number of halogens is 3. The molecule has 208 valence electrons. The van der Waals surface area contributed by atoms with Gasteiger partial charge in [0.25, 0.3) is 5.89 Å². The Morgan fingerprint density at radius 2 is 1.87 bits per heavy atom. The van der Waals surface area contributed by atoms with E-state index in [1.807, 2.05) is 11.4 Å². The van der Waals surface area contributed by atoms with Crippen molar-refractivity contribution in [1.82, 2.24) is 10.1 Å². The fourth-order valence-corrected chi connectivity index (χ4v) is 7.80. The zero-order chi connectivity index (χ0) is 27.1. The number of thiophene rings is 1. The molecule has 39 heavy (non-hydrogen) atoms. The van der Waals surface area contributed by atoms with Crippen LogP contribution in [-0.4, -0.2) is 46.3 Å². The number of alkyl halides is 3. The van der Waals surface area contributed by atoms with E-state index in [9.17, 15) is 18.0 Å². The lowest BCUT2D eigenvalue weighted by Crippen LogP contribution is -2.64. The van der Waals surface area contributed by atoms with Crippen molar-refractivity contribution in [2.45, 2.75) is 75.6 Å². The third-order valence-corrected chi connectivity index (χ3v) is 10.1. The Labute approximate surface area is 229 Å².